The van der Waals surface area contributed by atoms with Gasteiger partial charge in [0.05, 0.1) is 25.2 Å². The van der Waals surface area contributed by atoms with Crippen LogP contribution in [0.3, 0.4) is 0 Å². The number of unbranched alkanes of at least 4 members (excludes halogenated alkanes) is 35. The van der Waals surface area contributed by atoms with Gasteiger partial charge >= 0.3 is 5.97 Å². The van der Waals surface area contributed by atoms with Crippen molar-refractivity contribution in [3.8, 4) is 0 Å². The van der Waals surface area contributed by atoms with Crippen LogP contribution in [0.1, 0.15) is 297 Å². The van der Waals surface area contributed by atoms with E-state index >= 15 is 0 Å². The molecule has 0 aliphatic rings. The van der Waals surface area contributed by atoms with E-state index in [9.17, 15) is 19.8 Å². The molecule has 66 heavy (non-hydrogen) atoms. The number of amides is 1. The molecule has 0 radical (unpaired) electrons. The summed E-state index contributed by atoms with van der Waals surface area (Å²) in [5, 5.41) is 23.9. The van der Waals surface area contributed by atoms with E-state index in [2.05, 4.69) is 74.7 Å². The van der Waals surface area contributed by atoms with E-state index in [-0.39, 0.29) is 24.9 Å². The van der Waals surface area contributed by atoms with Crippen molar-refractivity contribution in [2.75, 3.05) is 6.61 Å². The molecule has 1 amide bonds. The number of nitrogens with one attached hydrogen (secondary N) is 1. The van der Waals surface area contributed by atoms with Crippen LogP contribution >= 0.6 is 0 Å². The fraction of sp³-hybridized carbons (Fsp3) is 0.833. The van der Waals surface area contributed by atoms with Gasteiger partial charge in [-0.05, 0) is 51.4 Å². The Balaban J connectivity index is 4.57. The molecule has 6 nitrogen and oxygen atoms in total. The van der Waals surface area contributed by atoms with Crippen LogP contribution in [0.2, 0.25) is 0 Å². The van der Waals surface area contributed by atoms with Crippen molar-refractivity contribution < 1.29 is 24.5 Å². The molecule has 3 atom stereocenters. The van der Waals surface area contributed by atoms with Gasteiger partial charge in [0.1, 0.15) is 6.10 Å². The van der Waals surface area contributed by atoms with Crippen molar-refractivity contribution in [2.45, 2.75) is 315 Å². The van der Waals surface area contributed by atoms with Crippen LogP contribution in [0.25, 0.3) is 0 Å². The number of aliphatic hydroxyl groups is 2. The van der Waals surface area contributed by atoms with Crippen molar-refractivity contribution in [2.24, 2.45) is 0 Å². The third-order valence-corrected chi connectivity index (χ3v) is 13.3. The maximum Gasteiger partial charge on any atom is 0.306 e. The van der Waals surface area contributed by atoms with E-state index in [0.717, 1.165) is 70.6 Å². The van der Waals surface area contributed by atoms with Crippen LogP contribution in [0.4, 0.5) is 0 Å². The Kier molecular flexibility index (Phi) is 52.0. The molecule has 0 bridgehead atoms. The molecule has 386 valence electrons. The first-order chi connectivity index (χ1) is 32.5. The van der Waals surface area contributed by atoms with E-state index in [1.165, 1.54) is 180 Å². The summed E-state index contributed by atoms with van der Waals surface area (Å²) in [5.74, 6) is -0.486. The molecule has 0 heterocycles. The molecule has 6 heteroatoms. The van der Waals surface area contributed by atoms with Gasteiger partial charge in [0.15, 0.2) is 0 Å². The molecule has 0 saturated carbocycles. The molecule has 0 aliphatic heterocycles. The van der Waals surface area contributed by atoms with E-state index in [1.54, 1.807) is 0 Å². The number of esters is 1. The summed E-state index contributed by atoms with van der Waals surface area (Å²) in [6.45, 7) is 6.47. The second-order valence-electron chi connectivity index (χ2n) is 19.8. The van der Waals surface area contributed by atoms with E-state index in [0.29, 0.717) is 19.3 Å². The lowest BCUT2D eigenvalue weighted by atomic mass is 10.0. The Hall–Kier alpha value is -2.18. The van der Waals surface area contributed by atoms with Gasteiger partial charge < -0.3 is 20.3 Å². The first-order valence-electron chi connectivity index (χ1n) is 28.9. The molecule has 0 spiro atoms. The van der Waals surface area contributed by atoms with Gasteiger partial charge in [0, 0.05) is 6.42 Å². The second kappa shape index (κ2) is 53.8. The molecule has 0 rings (SSSR count). The summed E-state index contributed by atoms with van der Waals surface area (Å²) in [7, 11) is 0. The third kappa shape index (κ3) is 48.3. The molecule has 0 aromatic carbocycles. The highest BCUT2D eigenvalue weighted by Gasteiger charge is 2.24. The zero-order chi connectivity index (χ0) is 48.1. The number of aliphatic hydroxyl groups excluding tert-OH is 2. The van der Waals surface area contributed by atoms with Crippen LogP contribution in [-0.4, -0.2) is 46.9 Å². The van der Waals surface area contributed by atoms with E-state index in [4.69, 9.17) is 4.74 Å². The predicted octanol–water partition coefficient (Wildman–Crippen LogP) is 17.8. The zero-order valence-electron chi connectivity index (χ0n) is 44.1. The van der Waals surface area contributed by atoms with Gasteiger partial charge in [-0.1, -0.05) is 281 Å². The summed E-state index contributed by atoms with van der Waals surface area (Å²) in [5.41, 5.74) is 0. The number of carbonyl (C=O) groups is 2. The molecule has 0 saturated heterocycles. The lowest BCUT2D eigenvalue weighted by Crippen LogP contribution is -2.46. The first-order valence-corrected chi connectivity index (χ1v) is 28.9. The van der Waals surface area contributed by atoms with Crippen molar-refractivity contribution in [1.29, 1.82) is 0 Å². The van der Waals surface area contributed by atoms with Crippen molar-refractivity contribution in [3.63, 3.8) is 0 Å². The largest absolute Gasteiger partial charge is 0.462 e. The molecule has 0 aliphatic carbocycles. The average Bonchev–Trinajstić information content (AvgIpc) is 3.31. The number of carbonyl (C=O) groups excluding carboxylic acids is 2. The van der Waals surface area contributed by atoms with Crippen LogP contribution < -0.4 is 5.32 Å². The fourth-order valence-electron chi connectivity index (χ4n) is 8.86. The Morgan fingerprint density at radius 3 is 1.20 bits per heavy atom. The summed E-state index contributed by atoms with van der Waals surface area (Å²) < 4.78 is 5.95. The normalized spacial score (nSPS) is 13.5. The molecule has 3 N–H and O–H groups in total. The number of allylic oxidation sites excluding steroid dienone is 8. The van der Waals surface area contributed by atoms with Crippen LogP contribution in [0.15, 0.2) is 48.6 Å². The quantitative estimate of drug-likeness (QED) is 0.0321. The third-order valence-electron chi connectivity index (χ3n) is 13.3. The standard InChI is InChI=1S/C60H111NO5/c1-4-7-10-13-16-19-22-25-28-29-30-32-35-38-41-44-47-50-53-60(65)66-56(51-48-45-42-39-36-33-27-24-21-18-15-12-9-6-3)54-59(64)61-57(55-62)58(63)52-49-46-43-40-37-34-31-26-23-20-17-14-11-8-5-2/h16,19,22,25,28-30,32,56-58,62-63H,4-15,17-18,20-21,23-24,26-27,31,33-55H2,1-3H3,(H,61,64)/b19-16+,25-22+,29-28+,32-30+. The zero-order valence-corrected chi connectivity index (χ0v) is 44.1. The Morgan fingerprint density at radius 1 is 0.439 bits per heavy atom. The number of rotatable bonds is 52. The minimum Gasteiger partial charge on any atom is -0.462 e. The SMILES string of the molecule is CCCCC/C=C/C=C/C=C/C=C/CCCCCCCC(=O)OC(CCCCCCCCCCCCCCCC)CC(=O)NC(CO)C(O)CCCCCCCCCCCCCCCCC. The van der Waals surface area contributed by atoms with Crippen LogP contribution in [-0.2, 0) is 14.3 Å². The Morgan fingerprint density at radius 2 is 0.773 bits per heavy atom. The van der Waals surface area contributed by atoms with E-state index < -0.39 is 18.2 Å². The van der Waals surface area contributed by atoms with Gasteiger partial charge in [-0.25, -0.2) is 0 Å². The highest BCUT2D eigenvalue weighted by atomic mass is 16.5. The van der Waals surface area contributed by atoms with Crippen molar-refractivity contribution in [3.05, 3.63) is 48.6 Å². The fourth-order valence-corrected chi connectivity index (χ4v) is 8.86. The number of hydrogen-bond acceptors (Lipinski definition) is 5. The van der Waals surface area contributed by atoms with E-state index in [1.807, 2.05) is 0 Å². The lowest BCUT2D eigenvalue weighted by Gasteiger charge is -2.24. The summed E-state index contributed by atoms with van der Waals surface area (Å²) >= 11 is 0. The highest BCUT2D eigenvalue weighted by molar-refractivity contribution is 5.77. The topological polar surface area (TPSA) is 95.9 Å². The number of ether oxygens (including phenoxy) is 1. The van der Waals surface area contributed by atoms with Crippen molar-refractivity contribution >= 4 is 11.9 Å². The lowest BCUT2D eigenvalue weighted by molar-refractivity contribution is -0.151. The molecule has 0 aromatic rings. The van der Waals surface area contributed by atoms with Gasteiger partial charge in [-0.3, -0.25) is 9.59 Å². The Bertz CT molecular complexity index is 1130. The van der Waals surface area contributed by atoms with Gasteiger partial charge in [0.2, 0.25) is 5.91 Å². The monoisotopic (exact) mass is 926 g/mol. The smallest absolute Gasteiger partial charge is 0.306 e. The maximum atomic E-state index is 13.3. The minimum absolute atomic E-state index is 0.0710. The van der Waals surface area contributed by atoms with Gasteiger partial charge in [-0.2, -0.15) is 0 Å². The molecular weight excluding hydrogens is 815 g/mol. The highest BCUT2D eigenvalue weighted by Crippen LogP contribution is 2.19. The summed E-state index contributed by atoms with van der Waals surface area (Å²) in [6, 6.07) is -0.706. The van der Waals surface area contributed by atoms with Gasteiger partial charge in [-0.15, -0.1) is 0 Å². The second-order valence-corrected chi connectivity index (χ2v) is 19.8. The van der Waals surface area contributed by atoms with Crippen molar-refractivity contribution in [1.82, 2.24) is 5.32 Å². The Labute approximate surface area is 410 Å². The number of hydrogen-bond donors (Lipinski definition) is 3. The van der Waals surface area contributed by atoms with Crippen LogP contribution in [0.5, 0.6) is 0 Å². The predicted molar refractivity (Wildman–Crippen MR) is 287 cm³/mol. The molecule has 3 unspecified atom stereocenters. The van der Waals surface area contributed by atoms with Gasteiger partial charge in [0.25, 0.3) is 0 Å². The first kappa shape index (κ1) is 63.8. The summed E-state index contributed by atoms with van der Waals surface area (Å²) in [6.07, 6.45) is 65.9. The molecule has 0 fully saturated rings. The molecule has 0 aromatic heterocycles. The summed E-state index contributed by atoms with van der Waals surface area (Å²) in [4.78, 5) is 26.3. The minimum atomic E-state index is -0.791. The molecular formula is C60H111NO5. The average molecular weight is 927 g/mol. The van der Waals surface area contributed by atoms with Crippen LogP contribution in [0, 0.1) is 0 Å². The maximum absolute atomic E-state index is 13.3.